The van der Waals surface area contributed by atoms with E-state index in [0.29, 0.717) is 18.6 Å². The van der Waals surface area contributed by atoms with Gasteiger partial charge in [0.1, 0.15) is 5.75 Å². The second kappa shape index (κ2) is 7.52. The van der Waals surface area contributed by atoms with Crippen LogP contribution in [0, 0.1) is 5.92 Å². The SMILES string of the molecule is COc1ccc(CN2C[C@@H](OCc3ccccn3)[C@H]3COC[C@H]32)cc1. The van der Waals surface area contributed by atoms with Gasteiger partial charge in [0.25, 0.3) is 0 Å². The zero-order valence-electron chi connectivity index (χ0n) is 14.5. The monoisotopic (exact) mass is 340 g/mol. The van der Waals surface area contributed by atoms with Gasteiger partial charge in [-0.05, 0) is 29.8 Å². The van der Waals surface area contributed by atoms with Crippen molar-refractivity contribution in [1.82, 2.24) is 9.88 Å². The van der Waals surface area contributed by atoms with Crippen molar-refractivity contribution in [3.63, 3.8) is 0 Å². The molecule has 2 fully saturated rings. The van der Waals surface area contributed by atoms with Crippen LogP contribution in [0.15, 0.2) is 48.7 Å². The molecule has 2 aromatic rings. The molecule has 2 aliphatic heterocycles. The highest BCUT2D eigenvalue weighted by atomic mass is 16.5. The van der Waals surface area contributed by atoms with Crippen LogP contribution in [0.25, 0.3) is 0 Å². The summed E-state index contributed by atoms with van der Waals surface area (Å²) in [5.41, 5.74) is 2.27. The maximum absolute atomic E-state index is 6.20. The molecule has 5 nitrogen and oxygen atoms in total. The Bertz CT molecular complexity index is 677. The van der Waals surface area contributed by atoms with Gasteiger partial charge in [-0.3, -0.25) is 9.88 Å². The quantitative estimate of drug-likeness (QED) is 0.808. The first-order valence-corrected chi connectivity index (χ1v) is 8.80. The Kier molecular flexibility index (Phi) is 4.97. The van der Waals surface area contributed by atoms with Crippen LogP contribution in [-0.2, 0) is 22.6 Å². The summed E-state index contributed by atoms with van der Waals surface area (Å²) in [5.74, 6) is 1.34. The summed E-state index contributed by atoms with van der Waals surface area (Å²) < 4.78 is 17.2. The Balaban J connectivity index is 1.39. The third kappa shape index (κ3) is 3.68. The molecule has 0 N–H and O–H groups in total. The smallest absolute Gasteiger partial charge is 0.118 e. The molecule has 0 radical (unpaired) electrons. The topological polar surface area (TPSA) is 43.8 Å². The lowest BCUT2D eigenvalue weighted by atomic mass is 10.0. The number of pyridine rings is 1. The fraction of sp³-hybridized carbons (Fsp3) is 0.450. The molecule has 2 aliphatic rings. The summed E-state index contributed by atoms with van der Waals surface area (Å²) in [6.07, 6.45) is 2.01. The first kappa shape index (κ1) is 16.5. The van der Waals surface area contributed by atoms with E-state index < -0.39 is 0 Å². The molecule has 0 aliphatic carbocycles. The maximum Gasteiger partial charge on any atom is 0.118 e. The van der Waals surface area contributed by atoms with Crippen LogP contribution in [0.1, 0.15) is 11.3 Å². The van der Waals surface area contributed by atoms with Crippen LogP contribution in [0.5, 0.6) is 5.75 Å². The number of likely N-dealkylation sites (tertiary alicyclic amines) is 1. The zero-order chi connectivity index (χ0) is 17.1. The normalized spacial score (nSPS) is 25.9. The molecule has 4 rings (SSSR count). The number of ether oxygens (including phenoxy) is 3. The summed E-state index contributed by atoms with van der Waals surface area (Å²) in [4.78, 5) is 6.84. The van der Waals surface area contributed by atoms with E-state index in [2.05, 4.69) is 22.0 Å². The Morgan fingerprint density at radius 1 is 1.16 bits per heavy atom. The van der Waals surface area contributed by atoms with Crippen molar-refractivity contribution in [3.8, 4) is 5.75 Å². The van der Waals surface area contributed by atoms with Crippen LogP contribution in [-0.4, -0.2) is 48.9 Å². The van der Waals surface area contributed by atoms with E-state index in [1.807, 2.05) is 36.5 Å². The van der Waals surface area contributed by atoms with Crippen molar-refractivity contribution in [3.05, 3.63) is 59.9 Å². The highest BCUT2D eigenvalue weighted by Gasteiger charge is 2.45. The van der Waals surface area contributed by atoms with E-state index in [1.165, 1.54) is 5.56 Å². The minimum absolute atomic E-state index is 0.202. The highest BCUT2D eigenvalue weighted by molar-refractivity contribution is 5.27. The number of nitrogens with zero attached hydrogens (tertiary/aromatic N) is 2. The summed E-state index contributed by atoms with van der Waals surface area (Å²) in [5, 5.41) is 0. The number of methoxy groups -OCH3 is 1. The molecule has 3 heterocycles. The van der Waals surface area contributed by atoms with Gasteiger partial charge in [-0.15, -0.1) is 0 Å². The van der Waals surface area contributed by atoms with Gasteiger partial charge in [-0.2, -0.15) is 0 Å². The van der Waals surface area contributed by atoms with E-state index >= 15 is 0 Å². The van der Waals surface area contributed by atoms with E-state index in [4.69, 9.17) is 14.2 Å². The fourth-order valence-electron chi connectivity index (χ4n) is 3.79. The Morgan fingerprint density at radius 3 is 2.80 bits per heavy atom. The highest BCUT2D eigenvalue weighted by Crippen LogP contribution is 2.33. The number of rotatable bonds is 6. The molecule has 0 bridgehead atoms. The first-order valence-electron chi connectivity index (χ1n) is 8.80. The van der Waals surface area contributed by atoms with Crippen molar-refractivity contribution in [1.29, 1.82) is 0 Å². The van der Waals surface area contributed by atoms with Gasteiger partial charge in [0.2, 0.25) is 0 Å². The lowest BCUT2D eigenvalue weighted by Gasteiger charge is -2.22. The average Bonchev–Trinajstić information content (AvgIpc) is 3.26. The van der Waals surface area contributed by atoms with E-state index in [0.717, 1.165) is 37.7 Å². The third-order valence-corrected chi connectivity index (χ3v) is 5.17. The Labute approximate surface area is 148 Å². The Morgan fingerprint density at radius 2 is 2.04 bits per heavy atom. The van der Waals surface area contributed by atoms with Crippen molar-refractivity contribution in [2.45, 2.75) is 25.3 Å². The second-order valence-electron chi connectivity index (χ2n) is 6.72. The molecule has 25 heavy (non-hydrogen) atoms. The lowest BCUT2D eigenvalue weighted by Crippen LogP contribution is -2.32. The molecule has 3 atom stereocenters. The molecule has 0 spiro atoms. The summed E-state index contributed by atoms with van der Waals surface area (Å²) >= 11 is 0. The molecule has 132 valence electrons. The predicted molar refractivity (Wildman–Crippen MR) is 94.3 cm³/mol. The molecular weight excluding hydrogens is 316 g/mol. The molecule has 2 saturated heterocycles. The minimum Gasteiger partial charge on any atom is -0.497 e. The molecule has 0 amide bonds. The first-order chi connectivity index (χ1) is 12.3. The van der Waals surface area contributed by atoms with Gasteiger partial charge in [0.05, 0.1) is 38.7 Å². The summed E-state index contributed by atoms with van der Waals surface area (Å²) in [7, 11) is 1.69. The van der Waals surface area contributed by atoms with Crippen LogP contribution in [0.3, 0.4) is 0 Å². The van der Waals surface area contributed by atoms with Gasteiger partial charge >= 0.3 is 0 Å². The molecule has 0 saturated carbocycles. The van der Waals surface area contributed by atoms with Crippen molar-refractivity contribution >= 4 is 0 Å². The van der Waals surface area contributed by atoms with Gasteiger partial charge in [-0.1, -0.05) is 18.2 Å². The lowest BCUT2D eigenvalue weighted by molar-refractivity contribution is 0.00740. The van der Waals surface area contributed by atoms with Crippen LogP contribution in [0.4, 0.5) is 0 Å². The number of hydrogen-bond acceptors (Lipinski definition) is 5. The van der Waals surface area contributed by atoms with Crippen molar-refractivity contribution < 1.29 is 14.2 Å². The number of hydrogen-bond donors (Lipinski definition) is 0. The van der Waals surface area contributed by atoms with Crippen molar-refractivity contribution in [2.24, 2.45) is 5.92 Å². The second-order valence-corrected chi connectivity index (χ2v) is 6.72. The molecule has 1 aromatic heterocycles. The largest absolute Gasteiger partial charge is 0.497 e. The maximum atomic E-state index is 6.20. The van der Waals surface area contributed by atoms with E-state index in [-0.39, 0.29) is 6.10 Å². The van der Waals surface area contributed by atoms with Crippen LogP contribution >= 0.6 is 0 Å². The minimum atomic E-state index is 0.202. The van der Waals surface area contributed by atoms with Crippen LogP contribution < -0.4 is 4.74 Å². The molecule has 0 unspecified atom stereocenters. The van der Waals surface area contributed by atoms with Gasteiger partial charge < -0.3 is 14.2 Å². The number of benzene rings is 1. The third-order valence-electron chi connectivity index (χ3n) is 5.17. The van der Waals surface area contributed by atoms with Gasteiger partial charge in [0, 0.05) is 31.2 Å². The van der Waals surface area contributed by atoms with Crippen LogP contribution in [0.2, 0.25) is 0 Å². The summed E-state index contributed by atoms with van der Waals surface area (Å²) in [6, 6.07) is 14.7. The van der Waals surface area contributed by atoms with Gasteiger partial charge in [-0.25, -0.2) is 0 Å². The predicted octanol–water partition coefficient (Wildman–Crippen LogP) is 2.51. The average molecular weight is 340 g/mol. The summed E-state index contributed by atoms with van der Waals surface area (Å²) in [6.45, 7) is 4.00. The van der Waals surface area contributed by atoms with Crippen molar-refractivity contribution in [2.75, 3.05) is 26.9 Å². The number of fused-ring (bicyclic) bond motifs is 1. The standard InChI is InChI=1S/C20H24N2O3/c1-23-17-7-5-15(6-8-17)10-22-11-20(18-13-24-14-19(18)22)25-12-16-4-2-3-9-21-16/h2-9,18-20H,10-14H2,1H3/t18-,19+,20+/m0/s1. The number of aromatic nitrogens is 1. The molecule has 1 aromatic carbocycles. The molecular formula is C20H24N2O3. The van der Waals surface area contributed by atoms with Gasteiger partial charge in [0.15, 0.2) is 0 Å². The molecule has 5 heteroatoms. The zero-order valence-corrected chi connectivity index (χ0v) is 14.5. The van der Waals surface area contributed by atoms with E-state index in [9.17, 15) is 0 Å². The fourth-order valence-corrected chi connectivity index (χ4v) is 3.79. The van der Waals surface area contributed by atoms with E-state index in [1.54, 1.807) is 7.11 Å². The Hall–Kier alpha value is -1.95.